The van der Waals surface area contributed by atoms with Crippen LogP contribution in [-0.4, -0.2) is 37.2 Å². The van der Waals surface area contributed by atoms with E-state index in [1.165, 1.54) is 12.3 Å². The Morgan fingerprint density at radius 2 is 2.00 bits per heavy atom. The summed E-state index contributed by atoms with van der Waals surface area (Å²) in [5, 5.41) is 5.16. The highest BCUT2D eigenvalue weighted by molar-refractivity contribution is 5.95. The van der Waals surface area contributed by atoms with Gasteiger partial charge in [0.05, 0.1) is 30.2 Å². The number of hydrogen-bond donors (Lipinski definition) is 2. The number of hydrogen-bond acceptors (Lipinski definition) is 6. The summed E-state index contributed by atoms with van der Waals surface area (Å²) in [4.78, 5) is 36.0. The third-order valence-corrected chi connectivity index (χ3v) is 3.57. The predicted molar refractivity (Wildman–Crippen MR) is 83.1 cm³/mol. The highest BCUT2D eigenvalue weighted by Gasteiger charge is 2.32. The van der Waals surface area contributed by atoms with Crippen LogP contribution in [0.2, 0.25) is 0 Å². The van der Waals surface area contributed by atoms with Crippen LogP contribution >= 0.6 is 0 Å². The van der Waals surface area contributed by atoms with Crippen molar-refractivity contribution in [1.82, 2.24) is 10.6 Å². The zero-order chi connectivity index (χ0) is 17.7. The average Bonchev–Trinajstić information content (AvgIpc) is 2.98. The molecule has 0 bridgehead atoms. The molecule has 0 spiro atoms. The van der Waals surface area contributed by atoms with Crippen molar-refractivity contribution in [3.8, 4) is 0 Å². The lowest BCUT2D eigenvalue weighted by Gasteiger charge is -2.28. The molecule has 8 nitrogen and oxygen atoms in total. The molecular weight excluding hydrogens is 316 g/mol. The molecule has 1 atom stereocenters. The van der Waals surface area contributed by atoms with Gasteiger partial charge in [0, 0.05) is 0 Å². The largest absolute Gasteiger partial charge is 0.469 e. The molecule has 0 saturated heterocycles. The number of furan rings is 1. The van der Waals surface area contributed by atoms with Crippen LogP contribution in [0.25, 0.3) is 0 Å². The number of urea groups is 1. The van der Waals surface area contributed by atoms with Crippen LogP contribution in [0.4, 0.5) is 4.79 Å². The molecular formula is C16H20N2O6. The molecule has 2 amide bonds. The Hall–Kier alpha value is -2.77. The summed E-state index contributed by atoms with van der Waals surface area (Å²) in [6, 6.07) is 0.538. The van der Waals surface area contributed by atoms with Crippen LogP contribution in [0.3, 0.4) is 0 Å². The van der Waals surface area contributed by atoms with E-state index >= 15 is 0 Å². The van der Waals surface area contributed by atoms with Gasteiger partial charge < -0.3 is 24.5 Å². The van der Waals surface area contributed by atoms with Crippen LogP contribution in [0.15, 0.2) is 28.0 Å². The quantitative estimate of drug-likeness (QED) is 0.765. The van der Waals surface area contributed by atoms with E-state index in [0.717, 1.165) is 0 Å². The van der Waals surface area contributed by atoms with Crippen LogP contribution < -0.4 is 10.6 Å². The Labute approximate surface area is 139 Å². The highest BCUT2D eigenvalue weighted by atomic mass is 16.5. The van der Waals surface area contributed by atoms with Gasteiger partial charge in [-0.15, -0.1) is 0 Å². The van der Waals surface area contributed by atoms with Crippen molar-refractivity contribution in [2.75, 3.05) is 13.2 Å². The Kier molecular flexibility index (Phi) is 5.62. The Morgan fingerprint density at radius 3 is 2.58 bits per heavy atom. The maximum absolute atomic E-state index is 12.2. The summed E-state index contributed by atoms with van der Waals surface area (Å²) in [6.45, 7) is 5.11. The standard InChI is InChI=1S/C16H20N2O6/c1-4-11-13(15(20)22-5-2)12(18-16(21)17-11)8-24-14(19)10-6-7-23-9(10)3/h6-7,11H,4-5,8H2,1-3H3,(H2,17,18,21)/t11-/m1/s1. The summed E-state index contributed by atoms with van der Waals surface area (Å²) >= 11 is 0. The lowest BCUT2D eigenvalue weighted by molar-refractivity contribution is -0.139. The van der Waals surface area contributed by atoms with Crippen molar-refractivity contribution in [2.24, 2.45) is 0 Å². The van der Waals surface area contributed by atoms with Crippen molar-refractivity contribution in [3.63, 3.8) is 0 Å². The lowest BCUT2D eigenvalue weighted by Crippen LogP contribution is -2.51. The molecule has 1 aliphatic heterocycles. The molecule has 2 rings (SSSR count). The second-order valence-corrected chi connectivity index (χ2v) is 5.14. The number of esters is 2. The van der Waals surface area contributed by atoms with Crippen molar-refractivity contribution in [2.45, 2.75) is 33.2 Å². The first-order valence-corrected chi connectivity index (χ1v) is 7.66. The minimum Gasteiger partial charge on any atom is -0.469 e. The zero-order valence-corrected chi connectivity index (χ0v) is 13.8. The van der Waals surface area contributed by atoms with Crippen LogP contribution in [0.5, 0.6) is 0 Å². The van der Waals surface area contributed by atoms with Gasteiger partial charge >= 0.3 is 18.0 Å². The fourth-order valence-electron chi connectivity index (χ4n) is 2.39. The average molecular weight is 336 g/mol. The first-order valence-electron chi connectivity index (χ1n) is 7.66. The maximum atomic E-state index is 12.2. The zero-order valence-electron chi connectivity index (χ0n) is 13.8. The van der Waals surface area contributed by atoms with E-state index in [-0.39, 0.29) is 24.5 Å². The topological polar surface area (TPSA) is 107 Å². The van der Waals surface area contributed by atoms with Crippen molar-refractivity contribution in [1.29, 1.82) is 0 Å². The highest BCUT2D eigenvalue weighted by Crippen LogP contribution is 2.18. The second kappa shape index (κ2) is 7.67. The van der Waals surface area contributed by atoms with E-state index in [1.54, 1.807) is 13.8 Å². The van der Waals surface area contributed by atoms with Crippen molar-refractivity contribution in [3.05, 3.63) is 34.9 Å². The summed E-state index contributed by atoms with van der Waals surface area (Å²) in [5.41, 5.74) is 0.773. The van der Waals surface area contributed by atoms with Gasteiger partial charge in [0.1, 0.15) is 17.9 Å². The number of carbonyl (C=O) groups is 3. The fourth-order valence-corrected chi connectivity index (χ4v) is 2.39. The van der Waals surface area contributed by atoms with Gasteiger partial charge in [-0.25, -0.2) is 14.4 Å². The van der Waals surface area contributed by atoms with Gasteiger partial charge in [0.2, 0.25) is 0 Å². The molecule has 130 valence electrons. The number of nitrogens with one attached hydrogen (secondary N) is 2. The molecule has 0 aliphatic carbocycles. The molecule has 1 aliphatic rings. The first-order chi connectivity index (χ1) is 11.5. The number of rotatable bonds is 6. The Morgan fingerprint density at radius 1 is 1.25 bits per heavy atom. The minimum atomic E-state index is -0.599. The van der Waals surface area contributed by atoms with Gasteiger partial charge in [0.25, 0.3) is 0 Å². The maximum Gasteiger partial charge on any atom is 0.342 e. The summed E-state index contributed by atoms with van der Waals surface area (Å²) in [5.74, 6) is -0.722. The number of ether oxygens (including phenoxy) is 2. The molecule has 1 aromatic heterocycles. The first kappa shape index (κ1) is 17.6. The fraction of sp³-hybridized carbons (Fsp3) is 0.438. The van der Waals surface area contributed by atoms with Crippen molar-refractivity contribution < 1.29 is 28.3 Å². The van der Waals surface area contributed by atoms with E-state index in [2.05, 4.69) is 10.6 Å². The summed E-state index contributed by atoms with van der Waals surface area (Å²) in [7, 11) is 0. The minimum absolute atomic E-state index is 0.202. The third-order valence-electron chi connectivity index (χ3n) is 3.57. The molecule has 24 heavy (non-hydrogen) atoms. The van der Waals surface area contributed by atoms with Crippen molar-refractivity contribution >= 4 is 18.0 Å². The SMILES string of the molecule is CCOC(=O)C1=C(COC(=O)c2ccoc2C)NC(=O)N[C@@H]1CC. The number of aryl methyl sites for hydroxylation is 1. The second-order valence-electron chi connectivity index (χ2n) is 5.14. The van der Waals surface area contributed by atoms with Gasteiger partial charge in [0.15, 0.2) is 0 Å². The molecule has 0 fully saturated rings. The smallest absolute Gasteiger partial charge is 0.342 e. The Bertz CT molecular complexity index is 676. The van der Waals surface area contributed by atoms with Crippen LogP contribution in [-0.2, 0) is 14.3 Å². The third kappa shape index (κ3) is 3.76. The number of carbonyl (C=O) groups excluding carboxylic acids is 3. The van der Waals surface area contributed by atoms with E-state index < -0.39 is 24.0 Å². The molecule has 0 aromatic carbocycles. The van der Waals surface area contributed by atoms with E-state index in [4.69, 9.17) is 13.9 Å². The molecule has 0 unspecified atom stereocenters. The van der Waals surface area contributed by atoms with Gasteiger partial charge in [-0.2, -0.15) is 0 Å². The summed E-state index contributed by atoms with van der Waals surface area (Å²) < 4.78 is 15.3. The van der Waals surface area contributed by atoms with Crippen LogP contribution in [0.1, 0.15) is 36.4 Å². The van der Waals surface area contributed by atoms with E-state index in [9.17, 15) is 14.4 Å². The van der Waals surface area contributed by atoms with E-state index in [0.29, 0.717) is 17.7 Å². The molecule has 0 radical (unpaired) electrons. The van der Waals surface area contributed by atoms with E-state index in [1.807, 2.05) is 6.92 Å². The molecule has 1 aromatic rings. The lowest BCUT2D eigenvalue weighted by atomic mass is 10.0. The molecule has 2 heterocycles. The molecule has 8 heteroatoms. The van der Waals surface area contributed by atoms with Gasteiger partial charge in [-0.05, 0) is 26.3 Å². The molecule has 2 N–H and O–H groups in total. The normalized spacial score (nSPS) is 17.1. The Balaban J connectivity index is 2.21. The monoisotopic (exact) mass is 336 g/mol. The van der Waals surface area contributed by atoms with Crippen LogP contribution in [0, 0.1) is 6.92 Å². The predicted octanol–water partition coefficient (Wildman–Crippen LogP) is 1.65. The summed E-state index contributed by atoms with van der Waals surface area (Å²) in [6.07, 6.45) is 1.88. The van der Waals surface area contributed by atoms with Gasteiger partial charge in [-0.1, -0.05) is 6.92 Å². The molecule has 0 saturated carbocycles. The van der Waals surface area contributed by atoms with Gasteiger partial charge in [-0.3, -0.25) is 0 Å². The number of amides is 2.